The van der Waals surface area contributed by atoms with Crippen molar-refractivity contribution in [3.05, 3.63) is 0 Å². The topological polar surface area (TPSA) is 24.5 Å². The lowest BCUT2D eigenvalue weighted by Gasteiger charge is -2.37. The predicted octanol–water partition coefficient (Wildman–Crippen LogP) is 1.10. The summed E-state index contributed by atoms with van der Waals surface area (Å²) in [5, 5.41) is 3.61. The van der Waals surface area contributed by atoms with Crippen molar-refractivity contribution in [3.8, 4) is 0 Å². The van der Waals surface area contributed by atoms with Gasteiger partial charge in [-0.2, -0.15) is 0 Å². The Bertz CT molecular complexity index is 192. The molecular weight excluding hydrogens is 188 g/mol. The van der Waals surface area contributed by atoms with Crippen molar-refractivity contribution < 1.29 is 4.74 Å². The monoisotopic (exact) mass is 212 g/mol. The first-order valence-corrected chi connectivity index (χ1v) is 6.35. The van der Waals surface area contributed by atoms with Crippen LogP contribution in [0, 0.1) is 5.92 Å². The van der Waals surface area contributed by atoms with Crippen LogP contribution in [0.1, 0.15) is 26.7 Å². The molecule has 0 aromatic heterocycles. The third kappa shape index (κ3) is 3.16. The normalized spacial score (nSPS) is 37.6. The lowest BCUT2D eigenvalue weighted by atomic mass is 9.82. The van der Waals surface area contributed by atoms with Crippen molar-refractivity contribution in [1.82, 2.24) is 10.2 Å². The molecule has 3 heteroatoms. The highest BCUT2D eigenvalue weighted by atomic mass is 16.5. The zero-order valence-corrected chi connectivity index (χ0v) is 10.0. The molecular formula is C12H24N2O. The predicted molar refractivity (Wildman–Crippen MR) is 62.0 cm³/mol. The highest BCUT2D eigenvalue weighted by Gasteiger charge is 2.26. The van der Waals surface area contributed by atoms with Gasteiger partial charge in [0.25, 0.3) is 0 Å². The standard InChI is InChI=1S/C12H24N2O/c1-3-14-4-5-15-12(9-14)8-13-11-6-10(2)7-11/h10-13H,3-9H2,1-2H3. The van der Waals surface area contributed by atoms with Gasteiger partial charge < -0.3 is 10.1 Å². The number of nitrogens with zero attached hydrogens (tertiary/aromatic N) is 1. The van der Waals surface area contributed by atoms with Crippen molar-refractivity contribution >= 4 is 0 Å². The van der Waals surface area contributed by atoms with Gasteiger partial charge in [0.2, 0.25) is 0 Å². The maximum absolute atomic E-state index is 5.75. The molecule has 1 N–H and O–H groups in total. The molecule has 0 amide bonds. The summed E-state index contributed by atoms with van der Waals surface area (Å²) in [7, 11) is 0. The van der Waals surface area contributed by atoms with Crippen LogP contribution in [0.3, 0.4) is 0 Å². The van der Waals surface area contributed by atoms with Crippen LogP contribution in [0.5, 0.6) is 0 Å². The van der Waals surface area contributed by atoms with Crippen molar-refractivity contribution in [2.45, 2.75) is 38.8 Å². The first-order valence-electron chi connectivity index (χ1n) is 6.35. The number of hydrogen-bond acceptors (Lipinski definition) is 3. The summed E-state index contributed by atoms with van der Waals surface area (Å²) in [5.41, 5.74) is 0. The van der Waals surface area contributed by atoms with Crippen molar-refractivity contribution in [2.75, 3.05) is 32.8 Å². The molecule has 0 aromatic rings. The minimum Gasteiger partial charge on any atom is -0.374 e. The zero-order chi connectivity index (χ0) is 10.7. The molecule has 0 spiro atoms. The van der Waals surface area contributed by atoms with Crippen LogP contribution in [0.15, 0.2) is 0 Å². The van der Waals surface area contributed by atoms with Gasteiger partial charge in [0.1, 0.15) is 0 Å². The van der Waals surface area contributed by atoms with E-state index < -0.39 is 0 Å². The fraction of sp³-hybridized carbons (Fsp3) is 1.00. The summed E-state index contributed by atoms with van der Waals surface area (Å²) in [5.74, 6) is 0.932. The Balaban J connectivity index is 1.62. The van der Waals surface area contributed by atoms with Gasteiger partial charge in [0.15, 0.2) is 0 Å². The molecule has 2 aliphatic rings. The number of rotatable bonds is 4. The van der Waals surface area contributed by atoms with Gasteiger partial charge in [-0.15, -0.1) is 0 Å². The maximum Gasteiger partial charge on any atom is 0.0826 e. The molecule has 0 radical (unpaired) electrons. The molecule has 88 valence electrons. The van der Waals surface area contributed by atoms with E-state index >= 15 is 0 Å². The lowest BCUT2D eigenvalue weighted by Crippen LogP contribution is -2.50. The van der Waals surface area contributed by atoms with E-state index in [1.165, 1.54) is 12.8 Å². The van der Waals surface area contributed by atoms with Gasteiger partial charge in [0, 0.05) is 25.7 Å². The summed E-state index contributed by atoms with van der Waals surface area (Å²) in [6, 6.07) is 0.764. The van der Waals surface area contributed by atoms with E-state index in [2.05, 4.69) is 24.1 Å². The molecule has 15 heavy (non-hydrogen) atoms. The number of nitrogens with one attached hydrogen (secondary N) is 1. The minimum absolute atomic E-state index is 0.412. The summed E-state index contributed by atoms with van der Waals surface area (Å²) in [6.45, 7) is 9.85. The molecule has 1 atom stereocenters. The fourth-order valence-electron chi connectivity index (χ4n) is 2.56. The Morgan fingerprint density at radius 2 is 2.20 bits per heavy atom. The Kier molecular flexibility index (Phi) is 4.00. The quantitative estimate of drug-likeness (QED) is 0.755. The number of morpholine rings is 1. The van der Waals surface area contributed by atoms with E-state index in [0.717, 1.165) is 44.7 Å². The Morgan fingerprint density at radius 1 is 1.40 bits per heavy atom. The van der Waals surface area contributed by atoms with Crippen LogP contribution in [-0.4, -0.2) is 49.8 Å². The van der Waals surface area contributed by atoms with Gasteiger partial charge in [-0.25, -0.2) is 0 Å². The fourth-order valence-corrected chi connectivity index (χ4v) is 2.56. The Hall–Kier alpha value is -0.120. The third-order valence-electron chi connectivity index (χ3n) is 3.68. The second-order valence-electron chi connectivity index (χ2n) is 5.07. The lowest BCUT2D eigenvalue weighted by molar-refractivity contribution is -0.0281. The van der Waals surface area contributed by atoms with Crippen molar-refractivity contribution in [2.24, 2.45) is 5.92 Å². The maximum atomic E-state index is 5.75. The summed E-state index contributed by atoms with van der Waals surface area (Å²) in [6.07, 6.45) is 3.11. The molecule has 1 heterocycles. The van der Waals surface area contributed by atoms with Crippen LogP contribution < -0.4 is 5.32 Å². The highest BCUT2D eigenvalue weighted by Crippen LogP contribution is 2.26. The van der Waals surface area contributed by atoms with Gasteiger partial charge in [-0.3, -0.25) is 4.90 Å². The van der Waals surface area contributed by atoms with E-state index in [1.54, 1.807) is 0 Å². The van der Waals surface area contributed by atoms with E-state index in [0.29, 0.717) is 6.10 Å². The van der Waals surface area contributed by atoms with Gasteiger partial charge in [0.05, 0.1) is 12.7 Å². The van der Waals surface area contributed by atoms with E-state index in [4.69, 9.17) is 4.74 Å². The van der Waals surface area contributed by atoms with Gasteiger partial charge in [-0.1, -0.05) is 13.8 Å². The summed E-state index contributed by atoms with van der Waals surface area (Å²) in [4.78, 5) is 2.47. The molecule has 1 saturated carbocycles. The van der Waals surface area contributed by atoms with Crippen molar-refractivity contribution in [3.63, 3.8) is 0 Å². The summed E-state index contributed by atoms with van der Waals surface area (Å²) < 4.78 is 5.75. The molecule has 0 bridgehead atoms. The molecule has 1 saturated heterocycles. The van der Waals surface area contributed by atoms with Crippen molar-refractivity contribution in [1.29, 1.82) is 0 Å². The number of likely N-dealkylation sites (N-methyl/N-ethyl adjacent to an activating group) is 1. The SMILES string of the molecule is CCN1CCOC(CNC2CC(C)C2)C1. The minimum atomic E-state index is 0.412. The molecule has 0 aromatic carbocycles. The van der Waals surface area contributed by atoms with E-state index in [9.17, 15) is 0 Å². The van der Waals surface area contributed by atoms with Crippen LogP contribution >= 0.6 is 0 Å². The zero-order valence-electron chi connectivity index (χ0n) is 10.0. The molecule has 1 aliphatic carbocycles. The smallest absolute Gasteiger partial charge is 0.0826 e. The number of ether oxygens (including phenoxy) is 1. The second kappa shape index (κ2) is 5.28. The van der Waals surface area contributed by atoms with E-state index in [-0.39, 0.29) is 0 Å². The Morgan fingerprint density at radius 3 is 2.87 bits per heavy atom. The molecule has 2 rings (SSSR count). The number of hydrogen-bond donors (Lipinski definition) is 1. The van der Waals surface area contributed by atoms with Gasteiger partial charge >= 0.3 is 0 Å². The average Bonchev–Trinajstić information content (AvgIpc) is 2.23. The highest BCUT2D eigenvalue weighted by molar-refractivity contribution is 4.84. The molecule has 3 nitrogen and oxygen atoms in total. The van der Waals surface area contributed by atoms with Crippen LogP contribution in [0.4, 0.5) is 0 Å². The second-order valence-corrected chi connectivity index (χ2v) is 5.07. The summed E-state index contributed by atoms with van der Waals surface area (Å²) >= 11 is 0. The van der Waals surface area contributed by atoms with Gasteiger partial charge in [-0.05, 0) is 25.3 Å². The molecule has 1 aliphatic heterocycles. The first-order chi connectivity index (χ1) is 7.28. The van der Waals surface area contributed by atoms with Crippen LogP contribution in [0.25, 0.3) is 0 Å². The largest absolute Gasteiger partial charge is 0.374 e. The molecule has 2 fully saturated rings. The van der Waals surface area contributed by atoms with Crippen LogP contribution in [0.2, 0.25) is 0 Å². The average molecular weight is 212 g/mol. The molecule has 1 unspecified atom stereocenters. The third-order valence-corrected chi connectivity index (χ3v) is 3.68. The van der Waals surface area contributed by atoms with Crippen LogP contribution in [-0.2, 0) is 4.74 Å². The Labute approximate surface area is 93.2 Å². The van der Waals surface area contributed by atoms with E-state index in [1.807, 2.05) is 0 Å². The first kappa shape index (κ1) is 11.4.